The topological polar surface area (TPSA) is 68.3 Å². The van der Waals surface area contributed by atoms with Crippen molar-refractivity contribution in [2.75, 3.05) is 40.1 Å². The normalized spacial score (nSPS) is 23.0. The van der Waals surface area contributed by atoms with Crippen molar-refractivity contribution >= 4 is 11.8 Å². The fourth-order valence-corrected chi connectivity index (χ4v) is 5.43. The molecule has 1 unspecified atom stereocenters. The number of likely N-dealkylation sites (tertiary alicyclic amines) is 1. The largest absolute Gasteiger partial charge is 0.491 e. The summed E-state index contributed by atoms with van der Waals surface area (Å²) >= 11 is 0. The third kappa shape index (κ3) is 4.43. The number of fused-ring (bicyclic) bond motifs is 2. The maximum Gasteiger partial charge on any atom is 0.254 e. The maximum absolute atomic E-state index is 13.7. The van der Waals surface area contributed by atoms with Gasteiger partial charge in [-0.25, -0.2) is 0 Å². The van der Waals surface area contributed by atoms with Crippen LogP contribution in [0.3, 0.4) is 0 Å². The lowest BCUT2D eigenvalue weighted by Gasteiger charge is -2.44. The van der Waals surface area contributed by atoms with Gasteiger partial charge < -0.3 is 24.0 Å². The van der Waals surface area contributed by atoms with E-state index in [4.69, 9.17) is 14.2 Å². The van der Waals surface area contributed by atoms with Gasteiger partial charge in [-0.15, -0.1) is 0 Å². The van der Waals surface area contributed by atoms with E-state index in [0.29, 0.717) is 43.3 Å². The zero-order valence-corrected chi connectivity index (χ0v) is 19.8. The molecule has 34 heavy (non-hydrogen) atoms. The average Bonchev–Trinajstić information content (AvgIpc) is 3.34. The maximum atomic E-state index is 13.7. The Balaban J connectivity index is 1.35. The van der Waals surface area contributed by atoms with Crippen molar-refractivity contribution in [3.8, 4) is 17.2 Å². The summed E-state index contributed by atoms with van der Waals surface area (Å²) in [5.41, 5.74) is 1.23. The van der Waals surface area contributed by atoms with Crippen LogP contribution in [0.15, 0.2) is 42.5 Å². The Kier molecular flexibility index (Phi) is 6.35. The number of piperidine rings is 1. The van der Waals surface area contributed by atoms with E-state index in [-0.39, 0.29) is 18.6 Å². The van der Waals surface area contributed by atoms with Gasteiger partial charge in [0.15, 0.2) is 11.5 Å². The van der Waals surface area contributed by atoms with Gasteiger partial charge in [0.2, 0.25) is 12.7 Å². The number of ether oxygens (including phenoxy) is 3. The van der Waals surface area contributed by atoms with Gasteiger partial charge in [0, 0.05) is 25.7 Å². The highest BCUT2D eigenvalue weighted by molar-refractivity contribution is 5.95. The van der Waals surface area contributed by atoms with E-state index in [1.165, 1.54) is 5.56 Å². The second kappa shape index (κ2) is 9.57. The number of rotatable bonds is 1. The number of hydrogen-bond donors (Lipinski definition) is 0. The van der Waals surface area contributed by atoms with Crippen molar-refractivity contribution in [1.29, 1.82) is 0 Å². The van der Waals surface area contributed by atoms with Gasteiger partial charge in [0.1, 0.15) is 12.4 Å². The minimum atomic E-state index is -0.558. The number of carbonyl (C=O) groups is 2. The molecule has 0 saturated carbocycles. The lowest BCUT2D eigenvalue weighted by Crippen LogP contribution is -2.54. The standard InChI is InChI=1S/C27H32N2O5/c1-28-15-16-32-22-9-3-2-7-20(22)8-4-5-12-27(26(28)31)13-6-14-29(18-27)25(30)21-10-11-23-24(17-21)34-19-33-23/h2-3,7,9-11,17H,4-6,8,12-16,18-19H2,1H3. The van der Waals surface area contributed by atoms with Gasteiger partial charge >= 0.3 is 0 Å². The molecule has 2 amide bonds. The number of amides is 2. The number of aryl methyl sites for hydroxylation is 1. The molecule has 0 bridgehead atoms. The van der Waals surface area contributed by atoms with Crippen LogP contribution in [0, 0.1) is 5.41 Å². The molecule has 3 aliphatic rings. The molecular weight excluding hydrogens is 432 g/mol. The Morgan fingerprint density at radius 1 is 0.912 bits per heavy atom. The number of likely N-dealkylation sites (N-methyl/N-ethyl adjacent to an activating group) is 1. The number of hydrogen-bond acceptors (Lipinski definition) is 5. The molecule has 0 N–H and O–H groups in total. The molecule has 0 aliphatic carbocycles. The van der Waals surface area contributed by atoms with Crippen LogP contribution in [0.25, 0.3) is 0 Å². The highest BCUT2D eigenvalue weighted by atomic mass is 16.7. The Bertz CT molecular complexity index is 1070. The summed E-state index contributed by atoms with van der Waals surface area (Å²) in [5.74, 6) is 2.23. The fourth-order valence-electron chi connectivity index (χ4n) is 5.43. The van der Waals surface area contributed by atoms with Crippen LogP contribution in [-0.4, -0.2) is 61.7 Å². The molecule has 0 aromatic heterocycles. The molecular formula is C27H32N2O5. The molecule has 2 aromatic carbocycles. The van der Waals surface area contributed by atoms with Crippen molar-refractivity contribution in [2.24, 2.45) is 5.41 Å². The third-order valence-electron chi connectivity index (χ3n) is 7.29. The summed E-state index contributed by atoms with van der Waals surface area (Å²) in [5, 5.41) is 0. The van der Waals surface area contributed by atoms with E-state index in [9.17, 15) is 9.59 Å². The molecule has 1 atom stereocenters. The van der Waals surface area contributed by atoms with E-state index < -0.39 is 5.41 Å². The highest BCUT2D eigenvalue weighted by Crippen LogP contribution is 2.39. The minimum Gasteiger partial charge on any atom is -0.491 e. The van der Waals surface area contributed by atoms with E-state index in [0.717, 1.165) is 44.3 Å². The number of nitrogens with zero attached hydrogens (tertiary/aromatic N) is 2. The average molecular weight is 465 g/mol. The van der Waals surface area contributed by atoms with Gasteiger partial charge in [-0.3, -0.25) is 9.59 Å². The van der Waals surface area contributed by atoms with Gasteiger partial charge in [-0.1, -0.05) is 24.6 Å². The quantitative estimate of drug-likeness (QED) is 0.640. The van der Waals surface area contributed by atoms with Crippen LogP contribution in [0.4, 0.5) is 0 Å². The predicted molar refractivity (Wildman–Crippen MR) is 127 cm³/mol. The zero-order valence-electron chi connectivity index (χ0n) is 19.8. The molecule has 3 heterocycles. The van der Waals surface area contributed by atoms with Gasteiger partial charge in [0.25, 0.3) is 5.91 Å². The molecule has 7 nitrogen and oxygen atoms in total. The lowest BCUT2D eigenvalue weighted by atomic mass is 9.74. The van der Waals surface area contributed by atoms with Crippen LogP contribution in [0.1, 0.15) is 48.0 Å². The minimum absolute atomic E-state index is 0.0591. The molecule has 0 radical (unpaired) electrons. The van der Waals surface area contributed by atoms with E-state index in [2.05, 4.69) is 6.07 Å². The number of carbonyl (C=O) groups excluding carboxylic acids is 2. The molecule has 2 aromatic rings. The molecule has 5 rings (SSSR count). The SMILES string of the molecule is CN1CCOc2ccccc2CCCCC2(CCCN(C(=O)c3ccc4c(c3)OCO4)C2)C1=O. The third-order valence-corrected chi connectivity index (χ3v) is 7.29. The zero-order chi connectivity index (χ0) is 23.5. The van der Waals surface area contributed by atoms with Gasteiger partial charge in [0.05, 0.1) is 12.0 Å². The second-order valence-electron chi connectivity index (χ2n) is 9.57. The summed E-state index contributed by atoms with van der Waals surface area (Å²) in [6.45, 7) is 2.25. The summed E-state index contributed by atoms with van der Waals surface area (Å²) in [7, 11) is 1.85. The van der Waals surface area contributed by atoms with Crippen molar-refractivity contribution in [3.63, 3.8) is 0 Å². The summed E-state index contributed by atoms with van der Waals surface area (Å²) in [6, 6.07) is 13.5. The van der Waals surface area contributed by atoms with E-state index >= 15 is 0 Å². The predicted octanol–water partition coefficient (Wildman–Crippen LogP) is 3.90. The smallest absolute Gasteiger partial charge is 0.254 e. The van der Waals surface area contributed by atoms with E-state index in [1.807, 2.05) is 30.1 Å². The molecule has 3 aliphatic heterocycles. The second-order valence-corrected chi connectivity index (χ2v) is 9.57. The van der Waals surface area contributed by atoms with Crippen LogP contribution in [0.2, 0.25) is 0 Å². The molecule has 1 saturated heterocycles. The van der Waals surface area contributed by atoms with E-state index in [1.54, 1.807) is 23.1 Å². The summed E-state index contributed by atoms with van der Waals surface area (Å²) in [6.07, 6.45) is 5.24. The summed E-state index contributed by atoms with van der Waals surface area (Å²) < 4.78 is 16.9. The molecule has 180 valence electrons. The van der Waals surface area contributed by atoms with Crippen LogP contribution < -0.4 is 14.2 Å². The Labute approximate surface area is 200 Å². The number of benzene rings is 2. The van der Waals surface area contributed by atoms with Gasteiger partial charge in [-0.05, 0) is 61.9 Å². The summed E-state index contributed by atoms with van der Waals surface area (Å²) in [4.78, 5) is 30.8. The first-order chi connectivity index (χ1) is 16.6. The molecule has 1 fully saturated rings. The Hall–Kier alpha value is -3.22. The first kappa shape index (κ1) is 22.6. The van der Waals surface area contributed by atoms with Crippen molar-refractivity contribution in [2.45, 2.75) is 38.5 Å². The van der Waals surface area contributed by atoms with Crippen molar-refractivity contribution < 1.29 is 23.8 Å². The molecule has 1 spiro atoms. The first-order valence-electron chi connectivity index (χ1n) is 12.2. The Morgan fingerprint density at radius 2 is 1.74 bits per heavy atom. The van der Waals surface area contributed by atoms with Crippen LogP contribution in [-0.2, 0) is 11.2 Å². The fraction of sp³-hybridized carbons (Fsp3) is 0.481. The van der Waals surface area contributed by atoms with Crippen molar-refractivity contribution in [3.05, 3.63) is 53.6 Å². The van der Waals surface area contributed by atoms with Gasteiger partial charge in [-0.2, -0.15) is 0 Å². The Morgan fingerprint density at radius 3 is 2.65 bits per heavy atom. The van der Waals surface area contributed by atoms with Crippen molar-refractivity contribution in [1.82, 2.24) is 9.80 Å². The monoisotopic (exact) mass is 464 g/mol. The highest BCUT2D eigenvalue weighted by Gasteiger charge is 2.44. The first-order valence-corrected chi connectivity index (χ1v) is 12.2. The molecule has 7 heteroatoms. The van der Waals surface area contributed by atoms with Crippen LogP contribution >= 0.6 is 0 Å². The van der Waals surface area contributed by atoms with Crippen LogP contribution in [0.5, 0.6) is 17.2 Å². The number of para-hydroxylation sites is 1. The lowest BCUT2D eigenvalue weighted by molar-refractivity contribution is -0.144.